The van der Waals surface area contributed by atoms with Gasteiger partial charge in [0.1, 0.15) is 5.82 Å². The summed E-state index contributed by atoms with van der Waals surface area (Å²) < 4.78 is 0. The van der Waals surface area contributed by atoms with Crippen LogP contribution in [0, 0.1) is 5.51 Å². The number of anilines is 1. The Labute approximate surface area is 65.5 Å². The molecule has 0 bridgehead atoms. The predicted octanol–water partition coefficient (Wildman–Crippen LogP) is 1.79. The molecule has 0 spiro atoms. The number of hydrogen-bond acceptors (Lipinski definition) is 3. The van der Waals surface area contributed by atoms with E-state index in [0.29, 0.717) is 0 Å². The Bertz CT molecular complexity index is 168. The molecule has 0 amide bonds. The van der Waals surface area contributed by atoms with Gasteiger partial charge in [-0.2, -0.15) is 0 Å². The molecule has 10 heavy (non-hydrogen) atoms. The highest BCUT2D eigenvalue weighted by molar-refractivity contribution is 7.07. The van der Waals surface area contributed by atoms with Gasteiger partial charge in [0.2, 0.25) is 0 Å². The highest BCUT2D eigenvalue weighted by Gasteiger charge is 2.01. The molecule has 0 aromatic carbocycles. The van der Waals surface area contributed by atoms with E-state index in [-0.39, 0.29) is 0 Å². The first-order valence-electron chi connectivity index (χ1n) is 3.45. The van der Waals surface area contributed by atoms with E-state index in [2.05, 4.69) is 29.2 Å². The lowest BCUT2D eigenvalue weighted by Gasteiger charge is -2.16. The molecule has 0 aliphatic rings. The molecule has 1 aromatic heterocycles. The van der Waals surface area contributed by atoms with Crippen molar-refractivity contribution in [1.29, 1.82) is 0 Å². The standard InChI is InChI=1S/C7H11N2S/c1-3-9(4-2)7-5-10-6-8-7/h5H,3-4H2,1-2H3. The molecular formula is C7H11N2S. The molecule has 0 aliphatic heterocycles. The number of hydrogen-bond donors (Lipinski definition) is 0. The molecule has 0 aliphatic carbocycles. The Balaban J connectivity index is 2.64. The van der Waals surface area contributed by atoms with E-state index in [9.17, 15) is 0 Å². The molecular weight excluding hydrogens is 144 g/mol. The molecule has 2 nitrogen and oxygen atoms in total. The van der Waals surface area contributed by atoms with Gasteiger partial charge >= 0.3 is 0 Å². The van der Waals surface area contributed by atoms with Crippen LogP contribution < -0.4 is 4.90 Å². The zero-order chi connectivity index (χ0) is 7.40. The van der Waals surface area contributed by atoms with Crippen molar-refractivity contribution in [2.75, 3.05) is 18.0 Å². The van der Waals surface area contributed by atoms with Gasteiger partial charge in [-0.3, -0.25) is 0 Å². The third kappa shape index (κ3) is 1.48. The molecule has 0 fully saturated rings. The Hall–Kier alpha value is -0.570. The second-order valence-corrected chi connectivity index (χ2v) is 2.62. The normalized spacial score (nSPS) is 9.80. The Kier molecular flexibility index (Phi) is 2.68. The molecule has 3 heteroatoms. The molecule has 0 saturated carbocycles. The molecule has 0 N–H and O–H groups in total. The second kappa shape index (κ2) is 3.56. The van der Waals surface area contributed by atoms with Crippen LogP contribution in [0.1, 0.15) is 13.8 Å². The van der Waals surface area contributed by atoms with Crippen molar-refractivity contribution in [2.24, 2.45) is 0 Å². The van der Waals surface area contributed by atoms with Crippen LogP contribution in [0.2, 0.25) is 0 Å². The van der Waals surface area contributed by atoms with Crippen LogP contribution in [0.5, 0.6) is 0 Å². The minimum atomic E-state index is 1.02. The zero-order valence-electron chi connectivity index (χ0n) is 6.29. The lowest BCUT2D eigenvalue weighted by molar-refractivity contribution is 0.851. The van der Waals surface area contributed by atoms with Gasteiger partial charge in [-0.25, -0.2) is 4.98 Å². The maximum atomic E-state index is 4.08. The van der Waals surface area contributed by atoms with Crippen LogP contribution >= 0.6 is 11.3 Å². The molecule has 55 valence electrons. The second-order valence-electron chi connectivity index (χ2n) is 1.97. The number of rotatable bonds is 3. The number of aromatic nitrogens is 1. The first-order valence-corrected chi connectivity index (χ1v) is 4.33. The highest BCUT2D eigenvalue weighted by Crippen LogP contribution is 2.11. The maximum absolute atomic E-state index is 4.08. The average molecular weight is 155 g/mol. The fraction of sp³-hybridized carbons (Fsp3) is 0.571. The van der Waals surface area contributed by atoms with Crippen LogP contribution in [0.3, 0.4) is 0 Å². The van der Waals surface area contributed by atoms with E-state index in [1.54, 1.807) is 0 Å². The zero-order valence-corrected chi connectivity index (χ0v) is 7.11. The van der Waals surface area contributed by atoms with Crippen LogP contribution in [0.4, 0.5) is 5.82 Å². The van der Waals surface area contributed by atoms with Gasteiger partial charge in [0.15, 0.2) is 5.51 Å². The van der Waals surface area contributed by atoms with E-state index >= 15 is 0 Å². The summed E-state index contributed by atoms with van der Waals surface area (Å²) in [5, 5.41) is 2.02. The first-order chi connectivity index (χ1) is 4.88. The fourth-order valence-corrected chi connectivity index (χ4v) is 1.38. The van der Waals surface area contributed by atoms with Crippen molar-refractivity contribution in [3.05, 3.63) is 10.9 Å². The molecule has 0 atom stereocenters. The monoisotopic (exact) mass is 155 g/mol. The van der Waals surface area contributed by atoms with Crippen molar-refractivity contribution < 1.29 is 0 Å². The third-order valence-corrected chi connectivity index (χ3v) is 1.99. The van der Waals surface area contributed by atoms with Gasteiger partial charge in [0.05, 0.1) is 0 Å². The minimum absolute atomic E-state index is 1.02. The van der Waals surface area contributed by atoms with E-state index in [0.717, 1.165) is 18.9 Å². The Morgan fingerprint density at radius 3 is 2.70 bits per heavy atom. The SMILES string of the molecule is CCN(CC)c1cs[c]n1. The van der Waals surface area contributed by atoms with Crippen molar-refractivity contribution >= 4 is 17.2 Å². The summed E-state index contributed by atoms with van der Waals surface area (Å²) in [5.74, 6) is 1.05. The maximum Gasteiger partial charge on any atom is 0.154 e. The molecule has 0 unspecified atom stereocenters. The molecule has 0 saturated heterocycles. The molecule has 1 rings (SSSR count). The van der Waals surface area contributed by atoms with Crippen molar-refractivity contribution in [1.82, 2.24) is 4.98 Å². The van der Waals surface area contributed by atoms with Gasteiger partial charge in [-0.1, -0.05) is 0 Å². The average Bonchev–Trinajstić information content (AvgIpc) is 2.43. The lowest BCUT2D eigenvalue weighted by Crippen LogP contribution is -2.21. The van der Waals surface area contributed by atoms with Gasteiger partial charge in [-0.15, -0.1) is 11.3 Å². The first kappa shape index (κ1) is 7.54. The molecule has 1 aromatic rings. The van der Waals surface area contributed by atoms with Crippen LogP contribution in [-0.4, -0.2) is 18.1 Å². The van der Waals surface area contributed by atoms with Gasteiger partial charge in [-0.05, 0) is 13.8 Å². The van der Waals surface area contributed by atoms with Crippen LogP contribution in [0.25, 0.3) is 0 Å². The van der Waals surface area contributed by atoms with Crippen LogP contribution in [-0.2, 0) is 0 Å². The lowest BCUT2D eigenvalue weighted by atomic mass is 10.5. The summed E-state index contributed by atoms with van der Waals surface area (Å²) in [6.45, 7) is 6.30. The summed E-state index contributed by atoms with van der Waals surface area (Å²) in [4.78, 5) is 6.28. The van der Waals surface area contributed by atoms with Crippen LogP contribution in [0.15, 0.2) is 5.38 Å². The Morgan fingerprint density at radius 2 is 2.30 bits per heavy atom. The van der Waals surface area contributed by atoms with E-state index in [1.165, 1.54) is 11.3 Å². The van der Waals surface area contributed by atoms with Gasteiger partial charge in [0, 0.05) is 18.5 Å². The highest BCUT2D eigenvalue weighted by atomic mass is 32.1. The number of thiazole rings is 1. The predicted molar refractivity (Wildman–Crippen MR) is 44.5 cm³/mol. The fourth-order valence-electron chi connectivity index (χ4n) is 0.871. The quantitative estimate of drug-likeness (QED) is 0.661. The largest absolute Gasteiger partial charge is 0.356 e. The van der Waals surface area contributed by atoms with E-state index < -0.39 is 0 Å². The molecule has 1 radical (unpaired) electrons. The van der Waals surface area contributed by atoms with E-state index in [4.69, 9.17) is 0 Å². The van der Waals surface area contributed by atoms with Crippen molar-refractivity contribution in [3.63, 3.8) is 0 Å². The van der Waals surface area contributed by atoms with Crippen molar-refractivity contribution in [3.8, 4) is 0 Å². The van der Waals surface area contributed by atoms with E-state index in [1.807, 2.05) is 5.38 Å². The van der Waals surface area contributed by atoms with Crippen molar-refractivity contribution in [2.45, 2.75) is 13.8 Å². The topological polar surface area (TPSA) is 16.1 Å². The summed E-state index contributed by atoms with van der Waals surface area (Å²) in [5.41, 5.74) is 2.83. The summed E-state index contributed by atoms with van der Waals surface area (Å²) in [6, 6.07) is 0. The van der Waals surface area contributed by atoms with Gasteiger partial charge < -0.3 is 4.90 Å². The minimum Gasteiger partial charge on any atom is -0.356 e. The third-order valence-electron chi connectivity index (χ3n) is 1.46. The molecule has 1 heterocycles. The smallest absolute Gasteiger partial charge is 0.154 e. The summed E-state index contributed by atoms with van der Waals surface area (Å²) in [7, 11) is 0. The number of nitrogens with zero attached hydrogens (tertiary/aromatic N) is 2. The summed E-state index contributed by atoms with van der Waals surface area (Å²) >= 11 is 1.52. The Morgan fingerprint density at radius 1 is 1.60 bits per heavy atom. The summed E-state index contributed by atoms with van der Waals surface area (Å²) in [6.07, 6.45) is 0. The van der Waals surface area contributed by atoms with Gasteiger partial charge in [0.25, 0.3) is 0 Å².